The highest BCUT2D eigenvalue weighted by Gasteiger charge is 2.21. The number of hydrogen-bond donors (Lipinski definition) is 1. The molecule has 0 spiro atoms. The third kappa shape index (κ3) is 3.09. The summed E-state index contributed by atoms with van der Waals surface area (Å²) in [6.45, 7) is 2.13. The monoisotopic (exact) mass is 315 g/mol. The zero-order valence-electron chi connectivity index (χ0n) is 11.4. The van der Waals surface area contributed by atoms with Crippen molar-refractivity contribution in [3.8, 4) is 11.3 Å². The zero-order chi connectivity index (χ0) is 14.8. The first-order valence-electron chi connectivity index (χ1n) is 6.59. The number of rotatable bonds is 3. The second-order valence-electron chi connectivity index (χ2n) is 4.60. The Morgan fingerprint density at radius 1 is 1.24 bits per heavy atom. The first kappa shape index (κ1) is 14.1. The fraction of sp³-hybridized carbons (Fsp3) is 0.125. The lowest BCUT2D eigenvalue weighted by atomic mass is 10.1. The first-order chi connectivity index (χ1) is 10.2. The molecule has 5 heteroatoms. The van der Waals surface area contributed by atoms with Gasteiger partial charge in [-0.25, -0.2) is 0 Å². The molecule has 1 amide bonds. The topological polar surface area (TPSA) is 42.2 Å². The highest BCUT2D eigenvalue weighted by atomic mass is 32.2. The van der Waals surface area contributed by atoms with Gasteiger partial charge < -0.3 is 9.73 Å². The van der Waals surface area contributed by atoms with E-state index in [4.69, 9.17) is 16.6 Å². The van der Waals surface area contributed by atoms with Gasteiger partial charge in [-0.3, -0.25) is 4.79 Å². The largest absolute Gasteiger partial charge is 0.457 e. The molecule has 1 aliphatic rings. The molecule has 1 aliphatic heterocycles. The maximum absolute atomic E-state index is 11.2. The van der Waals surface area contributed by atoms with Crippen molar-refractivity contribution in [2.75, 3.05) is 0 Å². The molecule has 106 valence electrons. The molecule has 2 aromatic rings. The molecule has 1 N–H and O–H groups in total. The molecule has 1 aromatic heterocycles. The average Bonchev–Trinajstić information content (AvgIpc) is 3.07. The van der Waals surface area contributed by atoms with E-state index in [1.54, 1.807) is 6.08 Å². The van der Waals surface area contributed by atoms with Gasteiger partial charge in [-0.15, -0.1) is 0 Å². The molecule has 0 aliphatic carbocycles. The van der Waals surface area contributed by atoms with Gasteiger partial charge in [0, 0.05) is 5.56 Å². The summed E-state index contributed by atoms with van der Waals surface area (Å²) in [6, 6.07) is 12.1. The number of thioether (sulfide) groups is 1. The minimum Gasteiger partial charge on any atom is -0.457 e. The van der Waals surface area contributed by atoms with Gasteiger partial charge in [-0.1, -0.05) is 43.4 Å². The van der Waals surface area contributed by atoms with E-state index in [1.165, 1.54) is 5.56 Å². The fourth-order valence-electron chi connectivity index (χ4n) is 2.04. The minimum absolute atomic E-state index is 0.145. The Hall–Kier alpha value is -1.85. The molecule has 3 nitrogen and oxygen atoms in total. The predicted octanol–water partition coefficient (Wildman–Crippen LogP) is 4.63. The molecule has 0 radical (unpaired) electrons. The van der Waals surface area contributed by atoms with E-state index >= 15 is 0 Å². The summed E-state index contributed by atoms with van der Waals surface area (Å²) < 4.78 is 5.80. The van der Waals surface area contributed by atoms with Crippen molar-refractivity contribution in [2.45, 2.75) is 13.3 Å². The van der Waals surface area contributed by atoms with Crippen LogP contribution in [-0.4, -0.2) is 10.2 Å². The van der Waals surface area contributed by atoms with E-state index in [0.29, 0.717) is 10.7 Å². The lowest BCUT2D eigenvalue weighted by Gasteiger charge is -1.99. The molecule has 1 aromatic carbocycles. The lowest BCUT2D eigenvalue weighted by molar-refractivity contribution is 0.265. The number of thiocarbonyl (C=S) groups is 1. The van der Waals surface area contributed by atoms with Gasteiger partial charge in [0.1, 0.15) is 16.5 Å². The quantitative estimate of drug-likeness (QED) is 0.662. The van der Waals surface area contributed by atoms with Crippen molar-refractivity contribution < 1.29 is 9.21 Å². The van der Waals surface area contributed by atoms with Crippen LogP contribution in [-0.2, 0) is 6.42 Å². The van der Waals surface area contributed by atoms with Gasteiger partial charge in [0.25, 0.3) is 5.24 Å². The number of amides is 1. The lowest BCUT2D eigenvalue weighted by Crippen LogP contribution is -2.15. The van der Waals surface area contributed by atoms with E-state index < -0.39 is 0 Å². The second-order valence-corrected chi connectivity index (χ2v) is 6.03. The van der Waals surface area contributed by atoms with Crippen molar-refractivity contribution >= 4 is 40.3 Å². The van der Waals surface area contributed by atoms with Crippen molar-refractivity contribution in [2.24, 2.45) is 0 Å². The number of carbonyl (C=O) groups excluding carboxylic acids is 1. The van der Waals surface area contributed by atoms with Crippen molar-refractivity contribution in [3.63, 3.8) is 0 Å². The van der Waals surface area contributed by atoms with Crippen LogP contribution in [0.15, 0.2) is 45.7 Å². The Morgan fingerprint density at radius 2 is 2.00 bits per heavy atom. The maximum Gasteiger partial charge on any atom is 0.289 e. The third-order valence-corrected chi connectivity index (χ3v) is 4.47. The number of nitrogens with one attached hydrogen (secondary N) is 1. The van der Waals surface area contributed by atoms with E-state index in [-0.39, 0.29) is 5.24 Å². The average molecular weight is 315 g/mol. The number of hydrogen-bond acceptors (Lipinski definition) is 4. The molecule has 1 fully saturated rings. The Balaban J connectivity index is 1.84. The summed E-state index contributed by atoms with van der Waals surface area (Å²) in [5.41, 5.74) is 2.33. The number of benzene rings is 1. The summed E-state index contributed by atoms with van der Waals surface area (Å²) in [5, 5.41) is 2.44. The zero-order valence-corrected chi connectivity index (χ0v) is 13.0. The van der Waals surface area contributed by atoms with Crippen LogP contribution in [0.2, 0.25) is 0 Å². The molecular formula is C16H13NO2S2. The Labute approximate surface area is 132 Å². The Morgan fingerprint density at radius 3 is 2.62 bits per heavy atom. The molecule has 21 heavy (non-hydrogen) atoms. The highest BCUT2D eigenvalue weighted by molar-refractivity contribution is 8.19. The molecule has 3 rings (SSSR count). The number of carbonyl (C=O) groups is 1. The van der Waals surface area contributed by atoms with Gasteiger partial charge in [-0.05, 0) is 42.0 Å². The Kier molecular flexibility index (Phi) is 3.94. The van der Waals surface area contributed by atoms with Crippen LogP contribution in [0.5, 0.6) is 0 Å². The van der Waals surface area contributed by atoms with Gasteiger partial charge in [0.2, 0.25) is 0 Å². The Bertz CT molecular complexity index is 729. The van der Waals surface area contributed by atoms with Gasteiger partial charge in [-0.2, -0.15) is 0 Å². The van der Waals surface area contributed by atoms with Crippen LogP contribution in [0.1, 0.15) is 18.2 Å². The van der Waals surface area contributed by atoms with Gasteiger partial charge >= 0.3 is 0 Å². The van der Waals surface area contributed by atoms with Crippen molar-refractivity contribution in [1.82, 2.24) is 5.32 Å². The normalized spacial score (nSPS) is 16.5. The molecule has 0 unspecified atom stereocenters. The maximum atomic E-state index is 11.2. The van der Waals surface area contributed by atoms with Gasteiger partial charge in [0.15, 0.2) is 0 Å². The molecular weight excluding hydrogens is 302 g/mol. The minimum atomic E-state index is -0.145. The standard InChI is InChI=1S/C16H13NO2S2/c1-2-10-3-5-11(6-4-10)13-8-7-12(19-13)9-14-15(20)17-16(18)21-14/h3-9H,2H2,1H3,(H,17,18,20)/b14-9-. The van der Waals surface area contributed by atoms with E-state index in [9.17, 15) is 4.79 Å². The van der Waals surface area contributed by atoms with Crippen LogP contribution >= 0.6 is 24.0 Å². The van der Waals surface area contributed by atoms with Crippen LogP contribution in [0, 0.1) is 0 Å². The van der Waals surface area contributed by atoms with E-state index in [1.807, 2.05) is 12.1 Å². The SMILES string of the molecule is CCc1ccc(-c2ccc(/C=C3\SC(=O)NC3=S)o2)cc1. The molecule has 0 atom stereocenters. The fourth-order valence-corrected chi connectivity index (χ4v) is 3.05. The number of aryl methyl sites for hydroxylation is 1. The summed E-state index contributed by atoms with van der Waals surface area (Å²) >= 11 is 6.17. The first-order valence-corrected chi connectivity index (χ1v) is 7.82. The van der Waals surface area contributed by atoms with Crippen LogP contribution < -0.4 is 5.32 Å². The predicted molar refractivity (Wildman–Crippen MR) is 90.2 cm³/mol. The van der Waals surface area contributed by atoms with Crippen LogP contribution in [0.25, 0.3) is 17.4 Å². The highest BCUT2D eigenvalue weighted by Crippen LogP contribution is 2.29. The smallest absolute Gasteiger partial charge is 0.289 e. The van der Waals surface area contributed by atoms with Crippen LogP contribution in [0.3, 0.4) is 0 Å². The van der Waals surface area contributed by atoms with Crippen molar-refractivity contribution in [1.29, 1.82) is 0 Å². The second kappa shape index (κ2) is 5.87. The third-order valence-electron chi connectivity index (χ3n) is 3.19. The van der Waals surface area contributed by atoms with Crippen LogP contribution in [0.4, 0.5) is 4.79 Å². The van der Waals surface area contributed by atoms with Crippen molar-refractivity contribution in [3.05, 3.63) is 52.6 Å². The van der Waals surface area contributed by atoms with E-state index in [2.05, 4.69) is 36.5 Å². The molecule has 2 heterocycles. The summed E-state index contributed by atoms with van der Waals surface area (Å²) in [5.74, 6) is 1.49. The van der Waals surface area contributed by atoms with Gasteiger partial charge in [0.05, 0.1) is 4.91 Å². The number of furan rings is 1. The summed E-state index contributed by atoms with van der Waals surface area (Å²) in [4.78, 5) is 12.4. The summed E-state index contributed by atoms with van der Waals surface area (Å²) in [7, 11) is 0. The summed E-state index contributed by atoms with van der Waals surface area (Å²) in [6.07, 6.45) is 2.81. The molecule has 0 bridgehead atoms. The van der Waals surface area contributed by atoms with E-state index in [0.717, 1.165) is 34.4 Å². The molecule has 0 saturated carbocycles. The molecule has 1 saturated heterocycles.